The Morgan fingerprint density at radius 1 is 1.00 bits per heavy atom. The molecule has 1 atom stereocenters. The maximum Gasteiger partial charge on any atom is 0.241 e. The van der Waals surface area contributed by atoms with Gasteiger partial charge in [-0.25, -0.2) is 8.42 Å². The average molecular weight is 332 g/mol. The predicted octanol–water partition coefficient (Wildman–Crippen LogP) is 1.71. The number of carbonyl (C=O) groups is 1. The lowest BCUT2D eigenvalue weighted by Gasteiger charge is -2.18. The molecule has 0 heterocycles. The smallest absolute Gasteiger partial charge is 0.241 e. The van der Waals surface area contributed by atoms with Crippen LogP contribution >= 0.6 is 0 Å². The van der Waals surface area contributed by atoms with Crippen LogP contribution in [-0.4, -0.2) is 26.9 Å². The number of hydrogen-bond donors (Lipinski definition) is 2. The Balaban J connectivity index is 2.22. The van der Waals surface area contributed by atoms with Crippen molar-refractivity contribution in [1.29, 1.82) is 0 Å². The summed E-state index contributed by atoms with van der Waals surface area (Å²) in [5.74, 6) is -0.337. The van der Waals surface area contributed by atoms with E-state index in [0.717, 1.165) is 5.56 Å². The fourth-order valence-electron chi connectivity index (χ4n) is 2.19. The molecule has 0 saturated carbocycles. The first-order valence-electron chi connectivity index (χ1n) is 7.42. The maximum atomic E-state index is 12.5. The predicted molar refractivity (Wildman–Crippen MR) is 89.4 cm³/mol. The first-order chi connectivity index (χ1) is 11.0. The second kappa shape index (κ2) is 7.89. The Hall–Kier alpha value is -2.18. The standard InChI is InChI=1S/C17H20N2O3S/c1-2-18-17(20)16(13-14-9-5-3-6-10-14)19-23(21,22)15-11-7-4-8-12-15/h3-12,16,19H,2,13H2,1H3,(H,18,20)/t16-/m1/s1. The van der Waals surface area contributed by atoms with Crippen molar-refractivity contribution < 1.29 is 13.2 Å². The summed E-state index contributed by atoms with van der Waals surface area (Å²) in [5, 5.41) is 2.67. The van der Waals surface area contributed by atoms with Crippen molar-refractivity contribution in [3.8, 4) is 0 Å². The molecule has 2 rings (SSSR count). The molecule has 1 amide bonds. The number of amides is 1. The van der Waals surface area contributed by atoms with E-state index in [1.165, 1.54) is 12.1 Å². The van der Waals surface area contributed by atoms with Gasteiger partial charge in [0.05, 0.1) is 4.90 Å². The van der Waals surface area contributed by atoms with Crippen LogP contribution in [0.2, 0.25) is 0 Å². The molecular weight excluding hydrogens is 312 g/mol. The fraction of sp³-hybridized carbons (Fsp3) is 0.235. The number of benzene rings is 2. The number of hydrogen-bond acceptors (Lipinski definition) is 3. The molecule has 0 aromatic heterocycles. The molecule has 0 fully saturated rings. The van der Waals surface area contributed by atoms with Gasteiger partial charge in [0.2, 0.25) is 15.9 Å². The Kier molecular flexibility index (Phi) is 5.90. The van der Waals surface area contributed by atoms with Crippen LogP contribution in [0.5, 0.6) is 0 Å². The van der Waals surface area contributed by atoms with E-state index in [-0.39, 0.29) is 10.8 Å². The number of carbonyl (C=O) groups excluding carboxylic acids is 1. The molecule has 0 saturated heterocycles. The van der Waals surface area contributed by atoms with Crippen LogP contribution in [-0.2, 0) is 21.2 Å². The summed E-state index contributed by atoms with van der Waals surface area (Å²) < 4.78 is 27.4. The minimum atomic E-state index is -3.75. The van der Waals surface area contributed by atoms with Gasteiger partial charge in [-0.15, -0.1) is 0 Å². The summed E-state index contributed by atoms with van der Waals surface area (Å²) in [6, 6.07) is 16.5. The zero-order valence-corrected chi connectivity index (χ0v) is 13.7. The van der Waals surface area contributed by atoms with Crippen molar-refractivity contribution in [3.05, 3.63) is 66.2 Å². The summed E-state index contributed by atoms with van der Waals surface area (Å²) in [5.41, 5.74) is 0.888. The van der Waals surface area contributed by atoms with Gasteiger partial charge >= 0.3 is 0 Å². The van der Waals surface area contributed by atoms with Crippen LogP contribution in [0.25, 0.3) is 0 Å². The largest absolute Gasteiger partial charge is 0.355 e. The highest BCUT2D eigenvalue weighted by molar-refractivity contribution is 7.89. The highest BCUT2D eigenvalue weighted by Crippen LogP contribution is 2.10. The van der Waals surface area contributed by atoms with Gasteiger partial charge in [0.25, 0.3) is 0 Å². The minimum absolute atomic E-state index is 0.141. The second-order valence-electron chi connectivity index (χ2n) is 5.07. The second-order valence-corrected chi connectivity index (χ2v) is 6.79. The number of sulfonamides is 1. The van der Waals surface area contributed by atoms with Gasteiger partial charge in [0.1, 0.15) is 6.04 Å². The molecule has 6 heteroatoms. The van der Waals surface area contributed by atoms with Crippen LogP contribution in [0.3, 0.4) is 0 Å². The highest BCUT2D eigenvalue weighted by atomic mass is 32.2. The van der Waals surface area contributed by atoms with Crippen molar-refractivity contribution in [2.24, 2.45) is 0 Å². The maximum absolute atomic E-state index is 12.5. The summed E-state index contributed by atoms with van der Waals surface area (Å²) in [6.45, 7) is 2.24. The van der Waals surface area contributed by atoms with Crippen LogP contribution in [0.15, 0.2) is 65.6 Å². The molecule has 0 aliphatic rings. The van der Waals surface area contributed by atoms with Gasteiger partial charge in [-0.05, 0) is 31.0 Å². The SMILES string of the molecule is CCNC(=O)[C@@H](Cc1ccccc1)NS(=O)(=O)c1ccccc1. The van der Waals surface area contributed by atoms with Crippen molar-refractivity contribution in [3.63, 3.8) is 0 Å². The van der Waals surface area contributed by atoms with E-state index in [1.807, 2.05) is 30.3 Å². The van der Waals surface area contributed by atoms with Crippen LogP contribution < -0.4 is 10.0 Å². The van der Waals surface area contributed by atoms with E-state index >= 15 is 0 Å². The van der Waals surface area contributed by atoms with Crippen LogP contribution in [0.4, 0.5) is 0 Å². The fourth-order valence-corrected chi connectivity index (χ4v) is 3.41. The number of nitrogens with one attached hydrogen (secondary N) is 2. The molecule has 2 aromatic rings. The van der Waals surface area contributed by atoms with Gasteiger partial charge in [-0.3, -0.25) is 4.79 Å². The Labute approximate surface area is 136 Å². The molecule has 122 valence electrons. The third-order valence-electron chi connectivity index (χ3n) is 3.30. The molecular formula is C17H20N2O3S. The summed E-state index contributed by atoms with van der Waals surface area (Å²) in [4.78, 5) is 12.4. The van der Waals surface area contributed by atoms with Crippen molar-refractivity contribution in [1.82, 2.24) is 10.0 Å². The molecule has 2 N–H and O–H groups in total. The van der Waals surface area contributed by atoms with Crippen molar-refractivity contribution in [2.45, 2.75) is 24.3 Å². The van der Waals surface area contributed by atoms with Gasteiger partial charge in [0.15, 0.2) is 0 Å². The first-order valence-corrected chi connectivity index (χ1v) is 8.90. The van der Waals surface area contributed by atoms with Gasteiger partial charge in [-0.1, -0.05) is 48.5 Å². The summed E-state index contributed by atoms with van der Waals surface area (Å²) in [7, 11) is -3.75. The molecule has 0 aliphatic heterocycles. The van der Waals surface area contributed by atoms with E-state index in [2.05, 4.69) is 10.0 Å². The summed E-state index contributed by atoms with van der Waals surface area (Å²) in [6.07, 6.45) is 0.290. The van der Waals surface area contributed by atoms with Gasteiger partial charge < -0.3 is 5.32 Å². The Morgan fingerprint density at radius 3 is 2.13 bits per heavy atom. The van der Waals surface area contributed by atoms with Gasteiger partial charge in [0, 0.05) is 6.54 Å². The molecule has 23 heavy (non-hydrogen) atoms. The Morgan fingerprint density at radius 2 is 1.57 bits per heavy atom. The van der Waals surface area contributed by atoms with Crippen LogP contribution in [0, 0.1) is 0 Å². The van der Waals surface area contributed by atoms with Crippen LogP contribution in [0.1, 0.15) is 12.5 Å². The molecule has 0 unspecified atom stereocenters. The van der Waals surface area contributed by atoms with E-state index < -0.39 is 16.1 Å². The zero-order chi connectivity index (χ0) is 16.7. The summed E-state index contributed by atoms with van der Waals surface area (Å²) >= 11 is 0. The average Bonchev–Trinajstić information content (AvgIpc) is 2.56. The van der Waals surface area contributed by atoms with E-state index in [1.54, 1.807) is 25.1 Å². The third-order valence-corrected chi connectivity index (χ3v) is 4.79. The normalized spacial score (nSPS) is 12.6. The lowest BCUT2D eigenvalue weighted by molar-refractivity contribution is -0.122. The molecule has 2 aromatic carbocycles. The Bertz CT molecular complexity index is 731. The minimum Gasteiger partial charge on any atom is -0.355 e. The monoisotopic (exact) mass is 332 g/mol. The van der Waals surface area contributed by atoms with Crippen molar-refractivity contribution >= 4 is 15.9 Å². The molecule has 0 spiro atoms. The molecule has 0 bridgehead atoms. The van der Waals surface area contributed by atoms with E-state index in [4.69, 9.17) is 0 Å². The van der Waals surface area contributed by atoms with Gasteiger partial charge in [-0.2, -0.15) is 4.72 Å². The topological polar surface area (TPSA) is 75.3 Å². The van der Waals surface area contributed by atoms with Crippen molar-refractivity contribution in [2.75, 3.05) is 6.54 Å². The lowest BCUT2D eigenvalue weighted by atomic mass is 10.1. The molecule has 0 radical (unpaired) electrons. The zero-order valence-electron chi connectivity index (χ0n) is 12.9. The molecule has 0 aliphatic carbocycles. The lowest BCUT2D eigenvalue weighted by Crippen LogP contribution is -2.47. The number of rotatable bonds is 7. The van der Waals surface area contributed by atoms with E-state index in [0.29, 0.717) is 13.0 Å². The first kappa shape index (κ1) is 17.2. The quantitative estimate of drug-likeness (QED) is 0.810. The number of likely N-dealkylation sites (N-methyl/N-ethyl adjacent to an activating group) is 1. The molecule has 5 nitrogen and oxygen atoms in total. The van der Waals surface area contributed by atoms with E-state index in [9.17, 15) is 13.2 Å². The highest BCUT2D eigenvalue weighted by Gasteiger charge is 2.25. The third kappa shape index (κ3) is 4.91.